The minimum atomic E-state index is -0.996. The first kappa shape index (κ1) is 9.71. The molecule has 2 aromatic rings. The Hall–Kier alpha value is -1.84. The molecule has 0 aliphatic rings. The monoisotopic (exact) mass is 204 g/mol. The fraction of sp³-hybridized carbons (Fsp3) is 0.273. The molecule has 0 bridgehead atoms. The molecule has 0 amide bonds. The zero-order chi connectivity index (χ0) is 11.0. The fourth-order valence-electron chi connectivity index (χ4n) is 1.45. The number of carboxylic acid groups (broad SMARTS) is 1. The summed E-state index contributed by atoms with van der Waals surface area (Å²) in [5, 5.41) is 8.79. The maximum Gasteiger partial charge on any atom is 0.356 e. The number of hydrogen-bond acceptors (Lipinski definition) is 2. The number of carbonyl (C=O) groups is 1. The minimum absolute atomic E-state index is 0.0795. The predicted molar refractivity (Wildman–Crippen MR) is 56.2 cm³/mol. The average molecular weight is 204 g/mol. The normalized spacial score (nSPS) is 11.1. The first-order valence-electron chi connectivity index (χ1n) is 4.80. The Morgan fingerprint density at radius 1 is 1.40 bits per heavy atom. The van der Waals surface area contributed by atoms with E-state index in [2.05, 4.69) is 18.8 Å². The van der Waals surface area contributed by atoms with E-state index in [1.807, 2.05) is 18.3 Å². The van der Waals surface area contributed by atoms with Gasteiger partial charge in [-0.05, 0) is 17.5 Å². The highest BCUT2D eigenvalue weighted by Gasteiger charge is 2.09. The molecular formula is C11H12N2O2. The van der Waals surface area contributed by atoms with Gasteiger partial charge in [0.15, 0.2) is 5.69 Å². The molecule has 15 heavy (non-hydrogen) atoms. The van der Waals surface area contributed by atoms with Crippen molar-refractivity contribution in [3.8, 4) is 0 Å². The SMILES string of the molecule is CC(C)c1ccc2nc(C(=O)O)cn2c1. The van der Waals surface area contributed by atoms with Gasteiger partial charge in [-0.1, -0.05) is 19.9 Å². The summed E-state index contributed by atoms with van der Waals surface area (Å²) in [6, 6.07) is 3.81. The van der Waals surface area contributed by atoms with Crippen LogP contribution in [0.2, 0.25) is 0 Å². The van der Waals surface area contributed by atoms with Gasteiger partial charge in [-0.2, -0.15) is 0 Å². The second kappa shape index (κ2) is 3.38. The summed E-state index contributed by atoms with van der Waals surface area (Å²) in [6.07, 6.45) is 3.45. The van der Waals surface area contributed by atoms with E-state index < -0.39 is 5.97 Å². The van der Waals surface area contributed by atoms with Crippen molar-refractivity contribution in [1.82, 2.24) is 9.38 Å². The number of fused-ring (bicyclic) bond motifs is 1. The summed E-state index contributed by atoms with van der Waals surface area (Å²) in [4.78, 5) is 14.7. The van der Waals surface area contributed by atoms with E-state index in [1.54, 1.807) is 4.40 Å². The Bertz CT molecular complexity index is 514. The Morgan fingerprint density at radius 2 is 2.13 bits per heavy atom. The first-order chi connectivity index (χ1) is 7.08. The minimum Gasteiger partial charge on any atom is -0.476 e. The Labute approximate surface area is 87.2 Å². The summed E-state index contributed by atoms with van der Waals surface area (Å²) < 4.78 is 1.75. The molecule has 0 atom stereocenters. The van der Waals surface area contributed by atoms with Crippen LogP contribution in [0.5, 0.6) is 0 Å². The van der Waals surface area contributed by atoms with Crippen LogP contribution < -0.4 is 0 Å². The van der Waals surface area contributed by atoms with Crippen LogP contribution in [0.4, 0.5) is 0 Å². The number of aromatic nitrogens is 2. The predicted octanol–water partition coefficient (Wildman–Crippen LogP) is 2.16. The van der Waals surface area contributed by atoms with E-state index in [1.165, 1.54) is 6.20 Å². The van der Waals surface area contributed by atoms with E-state index in [0.29, 0.717) is 11.6 Å². The van der Waals surface area contributed by atoms with Gasteiger partial charge in [-0.25, -0.2) is 9.78 Å². The highest BCUT2D eigenvalue weighted by Crippen LogP contribution is 2.15. The summed E-state index contributed by atoms with van der Waals surface area (Å²) in [5.74, 6) is -0.574. The van der Waals surface area contributed by atoms with Crippen molar-refractivity contribution in [2.75, 3.05) is 0 Å². The van der Waals surface area contributed by atoms with E-state index in [9.17, 15) is 4.79 Å². The molecule has 4 heteroatoms. The fourth-order valence-corrected chi connectivity index (χ4v) is 1.45. The molecular weight excluding hydrogens is 192 g/mol. The van der Waals surface area contributed by atoms with Gasteiger partial charge < -0.3 is 9.51 Å². The zero-order valence-electron chi connectivity index (χ0n) is 8.64. The smallest absolute Gasteiger partial charge is 0.356 e. The molecule has 0 spiro atoms. The van der Waals surface area contributed by atoms with Crippen LogP contribution in [-0.4, -0.2) is 20.5 Å². The molecule has 2 aromatic heterocycles. The number of imidazole rings is 1. The van der Waals surface area contributed by atoms with E-state index in [-0.39, 0.29) is 5.69 Å². The molecule has 0 aromatic carbocycles. The summed E-state index contributed by atoms with van der Waals surface area (Å²) in [7, 11) is 0. The average Bonchev–Trinajstić information content (AvgIpc) is 2.59. The second-order valence-corrected chi connectivity index (χ2v) is 3.81. The lowest BCUT2D eigenvalue weighted by atomic mass is 10.1. The molecule has 0 fully saturated rings. The number of aromatic carboxylic acids is 1. The van der Waals surface area contributed by atoms with Gasteiger partial charge in [-0.3, -0.25) is 0 Å². The zero-order valence-corrected chi connectivity index (χ0v) is 8.64. The highest BCUT2D eigenvalue weighted by atomic mass is 16.4. The third-order valence-corrected chi connectivity index (χ3v) is 2.36. The van der Waals surface area contributed by atoms with Crippen molar-refractivity contribution in [2.24, 2.45) is 0 Å². The van der Waals surface area contributed by atoms with Crippen LogP contribution in [-0.2, 0) is 0 Å². The van der Waals surface area contributed by atoms with Crippen LogP contribution in [0, 0.1) is 0 Å². The first-order valence-corrected chi connectivity index (χ1v) is 4.80. The van der Waals surface area contributed by atoms with Crippen LogP contribution in [0.1, 0.15) is 35.8 Å². The number of carboxylic acids is 1. The molecule has 1 N–H and O–H groups in total. The van der Waals surface area contributed by atoms with Gasteiger partial charge in [0.2, 0.25) is 0 Å². The van der Waals surface area contributed by atoms with Gasteiger partial charge in [0.1, 0.15) is 5.65 Å². The molecule has 0 saturated heterocycles. The quantitative estimate of drug-likeness (QED) is 0.815. The van der Waals surface area contributed by atoms with Crippen LogP contribution in [0.25, 0.3) is 5.65 Å². The maximum absolute atomic E-state index is 10.7. The summed E-state index contributed by atoms with van der Waals surface area (Å²) in [5.41, 5.74) is 1.91. The molecule has 4 nitrogen and oxygen atoms in total. The van der Waals surface area contributed by atoms with Gasteiger partial charge in [-0.15, -0.1) is 0 Å². The Balaban J connectivity index is 2.57. The van der Waals surface area contributed by atoms with Gasteiger partial charge in [0, 0.05) is 12.4 Å². The molecule has 2 heterocycles. The maximum atomic E-state index is 10.7. The summed E-state index contributed by atoms with van der Waals surface area (Å²) >= 11 is 0. The Kier molecular flexibility index (Phi) is 2.19. The lowest BCUT2D eigenvalue weighted by molar-refractivity contribution is 0.0691. The lowest BCUT2D eigenvalue weighted by Crippen LogP contribution is -1.94. The van der Waals surface area contributed by atoms with Crippen molar-refractivity contribution >= 4 is 11.6 Å². The van der Waals surface area contributed by atoms with Gasteiger partial charge in [0.05, 0.1) is 0 Å². The molecule has 0 saturated carbocycles. The Morgan fingerprint density at radius 3 is 2.73 bits per heavy atom. The van der Waals surface area contributed by atoms with Crippen molar-refractivity contribution in [2.45, 2.75) is 19.8 Å². The van der Waals surface area contributed by atoms with Crippen molar-refractivity contribution in [1.29, 1.82) is 0 Å². The lowest BCUT2D eigenvalue weighted by Gasteiger charge is -2.04. The summed E-state index contributed by atoms with van der Waals surface area (Å²) in [6.45, 7) is 4.19. The van der Waals surface area contributed by atoms with Crippen LogP contribution in [0.15, 0.2) is 24.5 Å². The van der Waals surface area contributed by atoms with E-state index in [4.69, 9.17) is 5.11 Å². The number of pyridine rings is 1. The standard InChI is InChI=1S/C11H12N2O2/c1-7(2)8-3-4-10-12-9(11(14)15)6-13(10)5-8/h3-7H,1-2H3,(H,14,15). The number of rotatable bonds is 2. The van der Waals surface area contributed by atoms with Crippen molar-refractivity contribution in [3.05, 3.63) is 35.8 Å². The largest absolute Gasteiger partial charge is 0.476 e. The van der Waals surface area contributed by atoms with Gasteiger partial charge in [0.25, 0.3) is 0 Å². The van der Waals surface area contributed by atoms with E-state index in [0.717, 1.165) is 5.56 Å². The molecule has 0 unspecified atom stereocenters. The topological polar surface area (TPSA) is 54.6 Å². The third-order valence-electron chi connectivity index (χ3n) is 2.36. The van der Waals surface area contributed by atoms with Crippen LogP contribution in [0.3, 0.4) is 0 Å². The van der Waals surface area contributed by atoms with Crippen molar-refractivity contribution in [3.63, 3.8) is 0 Å². The van der Waals surface area contributed by atoms with E-state index >= 15 is 0 Å². The molecule has 0 aliphatic heterocycles. The number of nitrogens with zero attached hydrogens (tertiary/aromatic N) is 2. The highest BCUT2D eigenvalue weighted by molar-refractivity contribution is 5.86. The third kappa shape index (κ3) is 1.70. The molecule has 78 valence electrons. The molecule has 2 rings (SSSR count). The van der Waals surface area contributed by atoms with Gasteiger partial charge >= 0.3 is 5.97 Å². The van der Waals surface area contributed by atoms with Crippen LogP contribution >= 0.6 is 0 Å². The molecule has 0 aliphatic carbocycles. The second-order valence-electron chi connectivity index (χ2n) is 3.81. The van der Waals surface area contributed by atoms with Crippen molar-refractivity contribution < 1.29 is 9.90 Å². The molecule has 0 radical (unpaired) electrons. The number of hydrogen-bond donors (Lipinski definition) is 1.